The molecule has 54 valence electrons. The van der Waals surface area contributed by atoms with Gasteiger partial charge in [-0.2, -0.15) is 0 Å². The third-order valence-electron chi connectivity index (χ3n) is 1.25. The van der Waals surface area contributed by atoms with Crippen molar-refractivity contribution in [3.63, 3.8) is 0 Å². The Morgan fingerprint density at radius 2 is 2.40 bits per heavy atom. The Balaban J connectivity index is 2.75. The maximum absolute atomic E-state index is 4.00. The average molecular weight is 138 g/mol. The van der Waals surface area contributed by atoms with Gasteiger partial charge >= 0.3 is 0 Å². The minimum absolute atomic E-state index is 0.859. The monoisotopic (exact) mass is 138 g/mol. The fourth-order valence-corrected chi connectivity index (χ4v) is 0.597. The molecule has 1 aromatic rings. The standard InChI is InChI=1S/C6H10N4/c1-7-10(2)6-3-4-8-5-9-6/h3-5,7H,1-2H3. The number of nitrogens with zero attached hydrogens (tertiary/aromatic N) is 3. The lowest BCUT2D eigenvalue weighted by molar-refractivity contribution is 0.773. The fraction of sp³-hybridized carbons (Fsp3) is 0.333. The third-order valence-corrected chi connectivity index (χ3v) is 1.25. The molecule has 1 N–H and O–H groups in total. The van der Waals surface area contributed by atoms with Gasteiger partial charge in [-0.25, -0.2) is 15.4 Å². The van der Waals surface area contributed by atoms with Crippen LogP contribution < -0.4 is 10.4 Å². The predicted octanol–water partition coefficient (Wildman–Crippen LogP) is 0.0472. The second-order valence-electron chi connectivity index (χ2n) is 1.85. The predicted molar refractivity (Wildman–Crippen MR) is 39.5 cm³/mol. The number of aromatic nitrogens is 2. The molecule has 0 radical (unpaired) electrons. The summed E-state index contributed by atoms with van der Waals surface area (Å²) in [6.07, 6.45) is 3.22. The Morgan fingerprint density at radius 3 is 2.90 bits per heavy atom. The Labute approximate surface area is 59.9 Å². The molecule has 0 aliphatic carbocycles. The van der Waals surface area contributed by atoms with E-state index in [0.717, 1.165) is 5.82 Å². The van der Waals surface area contributed by atoms with Crippen molar-refractivity contribution in [2.75, 3.05) is 19.1 Å². The van der Waals surface area contributed by atoms with E-state index in [1.165, 1.54) is 6.33 Å². The molecule has 0 aliphatic rings. The van der Waals surface area contributed by atoms with Gasteiger partial charge in [-0.3, -0.25) is 5.01 Å². The average Bonchev–Trinajstić information content (AvgIpc) is 2.05. The van der Waals surface area contributed by atoms with Gasteiger partial charge in [-0.1, -0.05) is 0 Å². The molecule has 0 unspecified atom stereocenters. The molecule has 0 saturated heterocycles. The molecule has 0 saturated carbocycles. The lowest BCUT2D eigenvalue weighted by Gasteiger charge is -2.14. The van der Waals surface area contributed by atoms with E-state index < -0.39 is 0 Å². The highest BCUT2D eigenvalue weighted by atomic mass is 15.5. The summed E-state index contributed by atoms with van der Waals surface area (Å²) >= 11 is 0. The van der Waals surface area contributed by atoms with Crippen molar-refractivity contribution in [2.24, 2.45) is 0 Å². The topological polar surface area (TPSA) is 41.0 Å². The van der Waals surface area contributed by atoms with Crippen molar-refractivity contribution in [3.05, 3.63) is 18.6 Å². The van der Waals surface area contributed by atoms with Crippen LogP contribution in [0.4, 0.5) is 5.82 Å². The highest BCUT2D eigenvalue weighted by Crippen LogP contribution is 2.00. The molecular formula is C6H10N4. The van der Waals surface area contributed by atoms with Gasteiger partial charge < -0.3 is 0 Å². The van der Waals surface area contributed by atoms with Gasteiger partial charge in [0.2, 0.25) is 0 Å². The Kier molecular flexibility index (Phi) is 2.17. The molecule has 1 heterocycles. The van der Waals surface area contributed by atoms with Crippen LogP contribution in [0.3, 0.4) is 0 Å². The molecule has 1 aromatic heterocycles. The van der Waals surface area contributed by atoms with Crippen LogP contribution in [-0.4, -0.2) is 24.1 Å². The van der Waals surface area contributed by atoms with Crippen molar-refractivity contribution in [1.82, 2.24) is 15.4 Å². The van der Waals surface area contributed by atoms with Crippen molar-refractivity contribution in [1.29, 1.82) is 0 Å². The van der Waals surface area contributed by atoms with Crippen LogP contribution in [0.1, 0.15) is 0 Å². The third kappa shape index (κ3) is 1.41. The summed E-state index contributed by atoms with van der Waals surface area (Å²) in [6, 6.07) is 1.83. The van der Waals surface area contributed by atoms with E-state index >= 15 is 0 Å². The highest BCUT2D eigenvalue weighted by molar-refractivity contribution is 5.32. The van der Waals surface area contributed by atoms with Crippen molar-refractivity contribution in [2.45, 2.75) is 0 Å². The van der Waals surface area contributed by atoms with Crippen molar-refractivity contribution < 1.29 is 0 Å². The van der Waals surface area contributed by atoms with Gasteiger partial charge in [0.05, 0.1) is 0 Å². The first-order valence-corrected chi connectivity index (χ1v) is 3.01. The highest BCUT2D eigenvalue weighted by Gasteiger charge is 1.94. The number of hydrazine groups is 1. The molecule has 1 rings (SSSR count). The molecule has 0 bridgehead atoms. The quantitative estimate of drug-likeness (QED) is 0.586. The minimum atomic E-state index is 0.859. The van der Waals surface area contributed by atoms with E-state index in [1.807, 2.05) is 25.2 Å². The lowest BCUT2D eigenvalue weighted by atomic mass is 10.6. The number of rotatable bonds is 2. The van der Waals surface area contributed by atoms with E-state index in [9.17, 15) is 0 Å². The maximum atomic E-state index is 4.00. The zero-order valence-corrected chi connectivity index (χ0v) is 6.07. The van der Waals surface area contributed by atoms with Gasteiger partial charge in [0, 0.05) is 26.4 Å². The van der Waals surface area contributed by atoms with Crippen molar-refractivity contribution >= 4 is 5.82 Å². The summed E-state index contributed by atoms with van der Waals surface area (Å²) in [6.45, 7) is 0. The second kappa shape index (κ2) is 3.12. The first-order valence-electron chi connectivity index (χ1n) is 3.01. The van der Waals surface area contributed by atoms with Crippen LogP contribution in [0.15, 0.2) is 18.6 Å². The number of hydrogen-bond acceptors (Lipinski definition) is 4. The van der Waals surface area contributed by atoms with Crippen LogP contribution in [0, 0.1) is 0 Å². The molecule has 0 aromatic carbocycles. The molecule has 0 amide bonds. The lowest BCUT2D eigenvalue weighted by Crippen LogP contribution is -2.30. The number of nitrogens with one attached hydrogen (secondary N) is 1. The molecule has 0 aliphatic heterocycles. The molecular weight excluding hydrogens is 128 g/mol. The van der Waals surface area contributed by atoms with Crippen LogP contribution in [0.2, 0.25) is 0 Å². The maximum Gasteiger partial charge on any atom is 0.145 e. The van der Waals surface area contributed by atoms with E-state index in [-0.39, 0.29) is 0 Å². The fourth-order valence-electron chi connectivity index (χ4n) is 0.597. The number of hydrogen-bond donors (Lipinski definition) is 1. The molecule has 4 heteroatoms. The Hall–Kier alpha value is -1.16. The minimum Gasteiger partial charge on any atom is -0.295 e. The summed E-state index contributed by atoms with van der Waals surface area (Å²) in [7, 11) is 3.73. The summed E-state index contributed by atoms with van der Waals surface area (Å²) in [5.41, 5.74) is 2.92. The van der Waals surface area contributed by atoms with Gasteiger partial charge in [-0.15, -0.1) is 0 Å². The van der Waals surface area contributed by atoms with Gasteiger partial charge in [0.25, 0.3) is 0 Å². The Morgan fingerprint density at radius 1 is 1.60 bits per heavy atom. The van der Waals surface area contributed by atoms with E-state index in [2.05, 4.69) is 15.4 Å². The normalized spacial score (nSPS) is 9.40. The van der Waals surface area contributed by atoms with Gasteiger partial charge in [-0.05, 0) is 0 Å². The van der Waals surface area contributed by atoms with E-state index in [1.54, 1.807) is 6.20 Å². The molecule has 0 spiro atoms. The summed E-state index contributed by atoms with van der Waals surface area (Å²) in [4.78, 5) is 7.80. The largest absolute Gasteiger partial charge is 0.295 e. The van der Waals surface area contributed by atoms with Crippen molar-refractivity contribution in [3.8, 4) is 0 Å². The summed E-state index contributed by atoms with van der Waals surface area (Å²) < 4.78 is 0. The first kappa shape index (κ1) is 6.95. The second-order valence-corrected chi connectivity index (χ2v) is 1.85. The molecule has 10 heavy (non-hydrogen) atoms. The molecule has 0 atom stereocenters. The summed E-state index contributed by atoms with van der Waals surface area (Å²) in [5, 5.41) is 1.81. The van der Waals surface area contributed by atoms with Crippen LogP contribution in [0.5, 0.6) is 0 Å². The van der Waals surface area contributed by atoms with Crippen LogP contribution in [0.25, 0.3) is 0 Å². The SMILES string of the molecule is CNN(C)c1ccncn1. The Bertz CT molecular complexity index is 186. The van der Waals surface area contributed by atoms with Crippen LogP contribution >= 0.6 is 0 Å². The van der Waals surface area contributed by atoms with Crippen LogP contribution in [-0.2, 0) is 0 Å². The van der Waals surface area contributed by atoms with Gasteiger partial charge in [0.15, 0.2) is 0 Å². The van der Waals surface area contributed by atoms with E-state index in [4.69, 9.17) is 0 Å². The first-order chi connectivity index (χ1) is 4.84. The number of anilines is 1. The molecule has 0 fully saturated rings. The summed E-state index contributed by atoms with van der Waals surface area (Å²) in [5.74, 6) is 0.859. The zero-order chi connectivity index (χ0) is 7.40. The van der Waals surface area contributed by atoms with E-state index in [0.29, 0.717) is 0 Å². The zero-order valence-electron chi connectivity index (χ0n) is 6.07. The van der Waals surface area contributed by atoms with Gasteiger partial charge in [0.1, 0.15) is 12.1 Å². The smallest absolute Gasteiger partial charge is 0.145 e. The molecule has 4 nitrogen and oxygen atoms in total.